The third kappa shape index (κ3) is 4.33. The molecular formula is C18H21ClN2O5S2. The second kappa shape index (κ2) is 8.38. The summed E-state index contributed by atoms with van der Waals surface area (Å²) in [6.45, 7) is 2.69. The molecule has 0 unspecified atom stereocenters. The van der Waals surface area contributed by atoms with Crippen molar-refractivity contribution in [1.29, 1.82) is 0 Å². The van der Waals surface area contributed by atoms with Crippen LogP contribution in [0.2, 0.25) is 5.02 Å². The lowest BCUT2D eigenvalue weighted by Crippen LogP contribution is -2.50. The van der Waals surface area contributed by atoms with E-state index in [0.29, 0.717) is 17.4 Å². The molecule has 2 aromatic carbocycles. The number of halogens is 1. The van der Waals surface area contributed by atoms with Crippen molar-refractivity contribution in [1.82, 2.24) is 8.61 Å². The molecule has 0 amide bonds. The van der Waals surface area contributed by atoms with Gasteiger partial charge in [-0.15, -0.1) is 0 Å². The number of piperazine rings is 1. The van der Waals surface area contributed by atoms with E-state index in [0.717, 1.165) is 0 Å². The molecule has 2 aromatic rings. The van der Waals surface area contributed by atoms with E-state index in [-0.39, 0.29) is 36.0 Å². The first-order valence-corrected chi connectivity index (χ1v) is 12.0. The molecule has 1 aliphatic heterocycles. The first-order chi connectivity index (χ1) is 13.2. The Morgan fingerprint density at radius 3 is 1.57 bits per heavy atom. The van der Waals surface area contributed by atoms with Gasteiger partial charge < -0.3 is 4.74 Å². The first-order valence-electron chi connectivity index (χ1n) is 8.74. The smallest absolute Gasteiger partial charge is 0.243 e. The van der Waals surface area contributed by atoms with Crippen LogP contribution >= 0.6 is 11.6 Å². The van der Waals surface area contributed by atoms with Crippen LogP contribution in [0.1, 0.15) is 6.92 Å². The van der Waals surface area contributed by atoms with E-state index < -0.39 is 20.0 Å². The lowest BCUT2D eigenvalue weighted by molar-refractivity contribution is 0.273. The maximum Gasteiger partial charge on any atom is 0.243 e. The summed E-state index contributed by atoms with van der Waals surface area (Å²) >= 11 is 5.81. The molecular weight excluding hydrogens is 424 g/mol. The minimum absolute atomic E-state index is 0.0845. The van der Waals surface area contributed by atoms with Gasteiger partial charge in [-0.3, -0.25) is 0 Å². The van der Waals surface area contributed by atoms with Crippen molar-refractivity contribution in [2.45, 2.75) is 16.7 Å². The van der Waals surface area contributed by atoms with E-state index in [2.05, 4.69) is 0 Å². The summed E-state index contributed by atoms with van der Waals surface area (Å²) in [6.07, 6.45) is 0. The zero-order valence-electron chi connectivity index (χ0n) is 15.3. The summed E-state index contributed by atoms with van der Waals surface area (Å²) in [5.74, 6) is 0.598. The van der Waals surface area contributed by atoms with Crippen molar-refractivity contribution in [2.75, 3.05) is 32.8 Å². The Morgan fingerprint density at radius 2 is 1.18 bits per heavy atom. The van der Waals surface area contributed by atoms with Crippen molar-refractivity contribution in [3.63, 3.8) is 0 Å². The highest BCUT2D eigenvalue weighted by atomic mass is 35.5. The molecule has 0 saturated carbocycles. The van der Waals surface area contributed by atoms with Crippen LogP contribution in [0, 0.1) is 0 Å². The summed E-state index contributed by atoms with van der Waals surface area (Å²) in [6, 6.07) is 12.1. The van der Waals surface area contributed by atoms with Crippen LogP contribution < -0.4 is 4.74 Å². The summed E-state index contributed by atoms with van der Waals surface area (Å²) in [5.41, 5.74) is 0. The van der Waals surface area contributed by atoms with Gasteiger partial charge in [0, 0.05) is 31.2 Å². The molecule has 28 heavy (non-hydrogen) atoms. The normalized spacial score (nSPS) is 16.8. The predicted molar refractivity (Wildman–Crippen MR) is 107 cm³/mol. The van der Waals surface area contributed by atoms with Gasteiger partial charge >= 0.3 is 0 Å². The number of nitrogens with zero attached hydrogens (tertiary/aromatic N) is 2. The Morgan fingerprint density at radius 1 is 0.786 bits per heavy atom. The molecule has 7 nitrogen and oxygen atoms in total. The molecule has 0 atom stereocenters. The Labute approximate surface area is 170 Å². The third-order valence-electron chi connectivity index (χ3n) is 4.42. The molecule has 152 valence electrons. The molecule has 1 fully saturated rings. The lowest BCUT2D eigenvalue weighted by atomic mass is 10.3. The minimum Gasteiger partial charge on any atom is -0.494 e. The van der Waals surface area contributed by atoms with Gasteiger partial charge in [0.2, 0.25) is 20.0 Å². The Balaban J connectivity index is 1.71. The van der Waals surface area contributed by atoms with Gasteiger partial charge in [0.05, 0.1) is 16.4 Å². The number of benzene rings is 2. The molecule has 0 bridgehead atoms. The molecule has 0 spiro atoms. The van der Waals surface area contributed by atoms with Crippen LogP contribution in [0.15, 0.2) is 58.3 Å². The summed E-state index contributed by atoms with van der Waals surface area (Å²) in [7, 11) is -7.38. The molecule has 0 aliphatic carbocycles. The zero-order valence-corrected chi connectivity index (χ0v) is 17.7. The maximum atomic E-state index is 12.8. The monoisotopic (exact) mass is 444 g/mol. The van der Waals surface area contributed by atoms with E-state index in [4.69, 9.17) is 16.3 Å². The van der Waals surface area contributed by atoms with Gasteiger partial charge in [-0.25, -0.2) is 16.8 Å². The Bertz CT molecular complexity index is 1010. The second-order valence-corrected chi connectivity index (χ2v) is 10.5. The quantitative estimate of drug-likeness (QED) is 0.683. The number of hydrogen-bond acceptors (Lipinski definition) is 5. The molecule has 0 aromatic heterocycles. The van der Waals surface area contributed by atoms with Crippen molar-refractivity contribution >= 4 is 31.6 Å². The van der Waals surface area contributed by atoms with E-state index in [1.165, 1.54) is 45.0 Å². The molecule has 1 heterocycles. The highest BCUT2D eigenvalue weighted by Gasteiger charge is 2.33. The topological polar surface area (TPSA) is 84.0 Å². The van der Waals surface area contributed by atoms with Gasteiger partial charge in [0.1, 0.15) is 5.75 Å². The van der Waals surface area contributed by atoms with Crippen LogP contribution in [0.25, 0.3) is 0 Å². The molecule has 0 radical (unpaired) electrons. The average Bonchev–Trinajstić information content (AvgIpc) is 2.69. The minimum atomic E-state index is -3.69. The van der Waals surface area contributed by atoms with E-state index in [1.807, 2.05) is 6.92 Å². The van der Waals surface area contributed by atoms with Crippen molar-refractivity contribution < 1.29 is 21.6 Å². The largest absolute Gasteiger partial charge is 0.494 e. The summed E-state index contributed by atoms with van der Waals surface area (Å²) < 4.78 is 59.0. The van der Waals surface area contributed by atoms with E-state index in [9.17, 15) is 16.8 Å². The maximum absolute atomic E-state index is 12.8. The van der Waals surface area contributed by atoms with Crippen LogP contribution in [0.5, 0.6) is 5.75 Å². The van der Waals surface area contributed by atoms with Crippen LogP contribution in [-0.4, -0.2) is 58.2 Å². The van der Waals surface area contributed by atoms with Crippen LogP contribution in [0.3, 0.4) is 0 Å². The third-order valence-corrected chi connectivity index (χ3v) is 8.50. The predicted octanol–water partition coefficient (Wildman–Crippen LogP) is 2.43. The first kappa shape index (κ1) is 21.1. The number of rotatable bonds is 6. The van der Waals surface area contributed by atoms with Crippen molar-refractivity contribution in [3.8, 4) is 5.75 Å². The summed E-state index contributed by atoms with van der Waals surface area (Å²) in [4.78, 5) is 0.296. The molecule has 3 rings (SSSR count). The van der Waals surface area contributed by atoms with Crippen LogP contribution in [-0.2, 0) is 20.0 Å². The van der Waals surface area contributed by atoms with Crippen LogP contribution in [0.4, 0.5) is 0 Å². The van der Waals surface area contributed by atoms with Crippen molar-refractivity contribution in [2.24, 2.45) is 0 Å². The van der Waals surface area contributed by atoms with Gasteiger partial charge in [-0.2, -0.15) is 8.61 Å². The molecule has 1 saturated heterocycles. The average molecular weight is 445 g/mol. The number of ether oxygens (including phenoxy) is 1. The fourth-order valence-corrected chi connectivity index (χ4v) is 5.90. The standard InChI is InChI=1S/C18H21ClN2O5S2/c1-2-26-16-5-9-18(10-6-16)28(24,25)21-13-11-20(12-14-21)27(22,23)17-7-3-15(19)4-8-17/h3-10H,2,11-14H2,1H3. The number of hydrogen-bond donors (Lipinski definition) is 0. The van der Waals surface area contributed by atoms with E-state index >= 15 is 0 Å². The lowest BCUT2D eigenvalue weighted by Gasteiger charge is -2.33. The SMILES string of the molecule is CCOc1ccc(S(=O)(=O)N2CCN(S(=O)(=O)c3ccc(Cl)cc3)CC2)cc1. The Kier molecular flexibility index (Phi) is 6.31. The fraction of sp³-hybridized carbons (Fsp3) is 0.333. The zero-order chi connectivity index (χ0) is 20.4. The molecule has 0 N–H and O–H groups in total. The molecule has 1 aliphatic rings. The van der Waals surface area contributed by atoms with E-state index in [1.54, 1.807) is 12.1 Å². The van der Waals surface area contributed by atoms with Crippen molar-refractivity contribution in [3.05, 3.63) is 53.6 Å². The highest BCUT2D eigenvalue weighted by Crippen LogP contribution is 2.24. The molecule has 10 heteroatoms. The fourth-order valence-electron chi connectivity index (χ4n) is 2.93. The van der Waals surface area contributed by atoms with Gasteiger partial charge in [0.25, 0.3) is 0 Å². The number of sulfonamides is 2. The van der Waals surface area contributed by atoms with Gasteiger partial charge in [-0.1, -0.05) is 11.6 Å². The summed E-state index contributed by atoms with van der Waals surface area (Å²) in [5, 5.41) is 0.449. The van der Waals surface area contributed by atoms with Gasteiger partial charge in [-0.05, 0) is 55.5 Å². The highest BCUT2D eigenvalue weighted by molar-refractivity contribution is 7.89. The second-order valence-electron chi connectivity index (χ2n) is 6.17. The van der Waals surface area contributed by atoms with Gasteiger partial charge in [0.15, 0.2) is 0 Å². The Hall–Kier alpha value is -1.65.